The van der Waals surface area contributed by atoms with Crippen molar-refractivity contribution in [2.75, 3.05) is 7.11 Å². The summed E-state index contributed by atoms with van der Waals surface area (Å²) in [6, 6.07) is 2.11. The molecule has 1 aromatic carbocycles. The molecule has 3 nitrogen and oxygen atoms in total. The molecule has 0 aliphatic heterocycles. The number of carbonyl (C=O) groups is 1. The number of esters is 1. The average Bonchev–Trinajstić information content (AvgIpc) is 2.12. The normalized spacial score (nSPS) is 9.77. The molecule has 1 N–H and O–H groups in total. The number of aromatic hydroxyl groups is 1. The van der Waals surface area contributed by atoms with Gasteiger partial charge in [0, 0.05) is 0 Å². The number of ether oxygens (including phenoxy) is 1. The summed E-state index contributed by atoms with van der Waals surface area (Å²) < 4.78 is 17.2. The van der Waals surface area contributed by atoms with E-state index in [0.29, 0.717) is 0 Å². The van der Waals surface area contributed by atoms with Crippen molar-refractivity contribution in [3.05, 3.63) is 28.0 Å². The predicted octanol–water partition coefficient (Wildman–Crippen LogP) is 2.08. The summed E-state index contributed by atoms with van der Waals surface area (Å²) in [5.74, 6) is -1.73. The lowest BCUT2D eigenvalue weighted by molar-refractivity contribution is 0.0599. The van der Waals surface area contributed by atoms with Gasteiger partial charge in [0.25, 0.3) is 0 Å². The number of halogens is 2. The maximum Gasteiger partial charge on any atom is 0.338 e. The second-order valence-electron chi connectivity index (χ2n) is 2.28. The molecule has 70 valence electrons. The Morgan fingerprint density at radius 2 is 2.23 bits per heavy atom. The lowest BCUT2D eigenvalue weighted by Crippen LogP contribution is -2.01. The minimum atomic E-state index is -0.708. The fourth-order valence-corrected chi connectivity index (χ4v) is 1.04. The van der Waals surface area contributed by atoms with Gasteiger partial charge in [0.05, 0.1) is 17.1 Å². The van der Waals surface area contributed by atoms with Gasteiger partial charge in [-0.05, 0) is 28.1 Å². The fourth-order valence-electron chi connectivity index (χ4n) is 0.810. The zero-order chi connectivity index (χ0) is 10.0. The molecule has 0 unspecified atom stereocenters. The van der Waals surface area contributed by atoms with Gasteiger partial charge in [-0.1, -0.05) is 0 Å². The first-order valence-electron chi connectivity index (χ1n) is 3.32. The van der Waals surface area contributed by atoms with E-state index in [1.54, 1.807) is 0 Å². The SMILES string of the molecule is COC(=O)c1cc(O)c(Br)c(F)c1. The number of phenolic OH excluding ortho intramolecular Hbond substituents is 1. The van der Waals surface area contributed by atoms with Crippen LogP contribution in [-0.4, -0.2) is 18.2 Å². The maximum absolute atomic E-state index is 12.9. The third-order valence-corrected chi connectivity index (χ3v) is 2.22. The van der Waals surface area contributed by atoms with E-state index < -0.39 is 11.8 Å². The quantitative estimate of drug-likeness (QED) is 0.775. The molecular weight excluding hydrogens is 243 g/mol. The van der Waals surface area contributed by atoms with Gasteiger partial charge in [-0.2, -0.15) is 0 Å². The largest absolute Gasteiger partial charge is 0.507 e. The van der Waals surface area contributed by atoms with Crippen molar-refractivity contribution in [2.24, 2.45) is 0 Å². The lowest BCUT2D eigenvalue weighted by Gasteiger charge is -2.02. The number of carbonyl (C=O) groups excluding carboxylic acids is 1. The van der Waals surface area contributed by atoms with Crippen LogP contribution in [0.25, 0.3) is 0 Å². The van der Waals surface area contributed by atoms with Crippen molar-refractivity contribution < 1.29 is 19.0 Å². The zero-order valence-corrected chi connectivity index (χ0v) is 8.26. The molecular formula is C8H6BrFO3. The van der Waals surface area contributed by atoms with Crippen molar-refractivity contribution in [1.29, 1.82) is 0 Å². The van der Waals surface area contributed by atoms with E-state index in [1.807, 2.05) is 0 Å². The molecule has 0 spiro atoms. The van der Waals surface area contributed by atoms with Gasteiger partial charge in [-0.15, -0.1) is 0 Å². The highest BCUT2D eigenvalue weighted by Crippen LogP contribution is 2.28. The van der Waals surface area contributed by atoms with E-state index in [1.165, 1.54) is 7.11 Å². The second kappa shape index (κ2) is 3.74. The van der Waals surface area contributed by atoms with Gasteiger partial charge < -0.3 is 9.84 Å². The predicted molar refractivity (Wildman–Crippen MR) is 47.1 cm³/mol. The van der Waals surface area contributed by atoms with Crippen LogP contribution >= 0.6 is 15.9 Å². The molecule has 0 atom stereocenters. The molecule has 5 heteroatoms. The number of methoxy groups -OCH3 is 1. The topological polar surface area (TPSA) is 46.5 Å². The molecule has 0 aromatic heterocycles. The third kappa shape index (κ3) is 1.98. The highest BCUT2D eigenvalue weighted by molar-refractivity contribution is 9.10. The van der Waals surface area contributed by atoms with E-state index in [2.05, 4.69) is 20.7 Å². The van der Waals surface area contributed by atoms with Gasteiger partial charge in [-0.25, -0.2) is 9.18 Å². The molecule has 1 rings (SSSR count). The summed E-state index contributed by atoms with van der Waals surface area (Å²) in [6.45, 7) is 0. The van der Waals surface area contributed by atoms with Crippen LogP contribution in [0.2, 0.25) is 0 Å². The molecule has 0 aliphatic rings. The number of rotatable bonds is 1. The van der Waals surface area contributed by atoms with Crippen molar-refractivity contribution in [2.45, 2.75) is 0 Å². The molecule has 0 saturated heterocycles. The Kier molecular flexibility index (Phi) is 2.87. The Labute approximate surface area is 82.3 Å². The second-order valence-corrected chi connectivity index (χ2v) is 3.08. The zero-order valence-electron chi connectivity index (χ0n) is 6.67. The summed E-state index contributed by atoms with van der Waals surface area (Å²) in [4.78, 5) is 10.9. The van der Waals surface area contributed by atoms with Gasteiger partial charge >= 0.3 is 5.97 Å². The Morgan fingerprint density at radius 1 is 1.62 bits per heavy atom. The van der Waals surface area contributed by atoms with Gasteiger partial charge in [0.1, 0.15) is 11.6 Å². The van der Waals surface area contributed by atoms with Gasteiger partial charge in [-0.3, -0.25) is 0 Å². The summed E-state index contributed by atoms with van der Waals surface area (Å²) in [7, 11) is 1.18. The van der Waals surface area contributed by atoms with Crippen molar-refractivity contribution in [3.63, 3.8) is 0 Å². The Hall–Kier alpha value is -1.10. The molecule has 0 fully saturated rings. The van der Waals surface area contributed by atoms with E-state index in [-0.39, 0.29) is 15.8 Å². The van der Waals surface area contributed by atoms with Crippen molar-refractivity contribution >= 4 is 21.9 Å². The van der Waals surface area contributed by atoms with Crippen LogP contribution in [0.4, 0.5) is 4.39 Å². The molecule has 0 aliphatic carbocycles. The lowest BCUT2D eigenvalue weighted by atomic mass is 10.2. The van der Waals surface area contributed by atoms with Crippen LogP contribution in [-0.2, 0) is 4.74 Å². The molecule has 1 aromatic rings. The molecule has 0 saturated carbocycles. The first kappa shape index (κ1) is 9.98. The molecule has 0 heterocycles. The standard InChI is InChI=1S/C8H6BrFO3/c1-13-8(12)4-2-5(10)7(9)6(11)3-4/h2-3,11H,1H3. The maximum atomic E-state index is 12.9. The van der Waals surface area contributed by atoms with Gasteiger partial charge in [0.2, 0.25) is 0 Å². The summed E-state index contributed by atoms with van der Waals surface area (Å²) in [5.41, 5.74) is -0.0271. The van der Waals surface area contributed by atoms with E-state index in [9.17, 15) is 9.18 Å². The van der Waals surface area contributed by atoms with Crippen LogP contribution in [0.15, 0.2) is 16.6 Å². The number of phenols is 1. The average molecular weight is 249 g/mol. The van der Waals surface area contributed by atoms with Crippen LogP contribution in [0.5, 0.6) is 5.75 Å². The molecule has 13 heavy (non-hydrogen) atoms. The van der Waals surface area contributed by atoms with Gasteiger partial charge in [0.15, 0.2) is 0 Å². The third-order valence-electron chi connectivity index (χ3n) is 1.43. The van der Waals surface area contributed by atoms with E-state index in [0.717, 1.165) is 12.1 Å². The first-order valence-corrected chi connectivity index (χ1v) is 4.12. The highest BCUT2D eigenvalue weighted by Gasteiger charge is 2.12. The molecule has 0 radical (unpaired) electrons. The summed E-state index contributed by atoms with van der Waals surface area (Å²) in [5, 5.41) is 9.13. The van der Waals surface area contributed by atoms with Crippen LogP contribution in [0.1, 0.15) is 10.4 Å². The smallest absolute Gasteiger partial charge is 0.338 e. The first-order chi connectivity index (χ1) is 6.06. The number of hydrogen-bond donors (Lipinski definition) is 1. The Balaban J connectivity index is 3.20. The van der Waals surface area contributed by atoms with Crippen LogP contribution < -0.4 is 0 Å². The summed E-state index contributed by atoms with van der Waals surface area (Å²) >= 11 is 2.81. The van der Waals surface area contributed by atoms with Crippen LogP contribution in [0.3, 0.4) is 0 Å². The number of hydrogen-bond acceptors (Lipinski definition) is 3. The minimum absolute atomic E-state index is 0.0271. The summed E-state index contributed by atoms with van der Waals surface area (Å²) in [6.07, 6.45) is 0. The Morgan fingerprint density at radius 3 is 2.69 bits per heavy atom. The molecule has 0 bridgehead atoms. The number of benzene rings is 1. The van der Waals surface area contributed by atoms with E-state index >= 15 is 0 Å². The monoisotopic (exact) mass is 248 g/mol. The van der Waals surface area contributed by atoms with Crippen molar-refractivity contribution in [1.82, 2.24) is 0 Å². The highest BCUT2D eigenvalue weighted by atomic mass is 79.9. The van der Waals surface area contributed by atoms with Crippen LogP contribution in [0, 0.1) is 5.82 Å². The Bertz CT molecular complexity index is 328. The fraction of sp³-hybridized carbons (Fsp3) is 0.125. The van der Waals surface area contributed by atoms with Crippen molar-refractivity contribution in [3.8, 4) is 5.75 Å². The minimum Gasteiger partial charge on any atom is -0.507 e. The molecule has 0 amide bonds. The van der Waals surface area contributed by atoms with E-state index in [4.69, 9.17) is 5.11 Å².